The molecule has 0 atom stereocenters. The predicted molar refractivity (Wildman–Crippen MR) is 235 cm³/mol. The molecule has 0 saturated carbocycles. The van der Waals surface area contributed by atoms with Crippen LogP contribution in [0.5, 0.6) is 34.5 Å². The monoisotopic (exact) mass is 824 g/mol. The Morgan fingerprint density at radius 1 is 0.349 bits per heavy atom. The first-order chi connectivity index (χ1) is 30.7. The summed E-state index contributed by atoms with van der Waals surface area (Å²) in [5, 5.41) is 19.4. The van der Waals surface area contributed by atoms with E-state index in [2.05, 4.69) is 24.3 Å². The highest BCUT2D eigenvalue weighted by atomic mass is 16.5. The number of hydrogen-bond donors (Lipinski definition) is 2. The van der Waals surface area contributed by atoms with Crippen LogP contribution in [-0.2, 0) is 5.41 Å². The molecule has 2 N–H and O–H groups in total. The van der Waals surface area contributed by atoms with E-state index < -0.39 is 29.0 Å². The van der Waals surface area contributed by atoms with Crippen LogP contribution in [0, 0.1) is 0 Å². The van der Waals surface area contributed by atoms with Gasteiger partial charge in [0.05, 0.1) is 39.0 Å². The molecule has 2 heterocycles. The number of hydrogen-bond acceptors (Lipinski definition) is 8. The van der Waals surface area contributed by atoms with Gasteiger partial charge >= 0.3 is 0 Å². The van der Waals surface area contributed by atoms with Crippen LogP contribution in [0.1, 0.15) is 63.7 Å². The van der Waals surface area contributed by atoms with Crippen LogP contribution in [0.4, 0.5) is 11.4 Å². The fraction of sp³-hybridized carbons (Fsp3) is 0.0189. The zero-order valence-electron chi connectivity index (χ0n) is 33.1. The Kier molecular flexibility index (Phi) is 8.38. The van der Waals surface area contributed by atoms with Crippen molar-refractivity contribution in [3.63, 3.8) is 0 Å². The summed E-state index contributed by atoms with van der Waals surface area (Å²) in [6.07, 6.45) is 0. The summed E-state index contributed by atoms with van der Waals surface area (Å²) in [5.74, 6) is 0.0621. The summed E-state index contributed by atoms with van der Waals surface area (Å²) in [7, 11) is 0. The Morgan fingerprint density at radius 3 is 1.10 bits per heavy atom. The second-order valence-electron chi connectivity index (χ2n) is 15.4. The van der Waals surface area contributed by atoms with Gasteiger partial charge in [0.2, 0.25) is 0 Å². The van der Waals surface area contributed by atoms with Crippen LogP contribution in [-0.4, -0.2) is 33.8 Å². The highest BCUT2D eigenvalue weighted by molar-refractivity contribution is 6.35. The molecule has 63 heavy (non-hydrogen) atoms. The number of phenols is 2. The van der Waals surface area contributed by atoms with E-state index >= 15 is 0 Å². The number of nitrogens with zero attached hydrogens (tertiary/aromatic N) is 2. The molecule has 302 valence electrons. The molecule has 0 unspecified atom stereocenters. The molecule has 8 aromatic rings. The standard InChI is InChI=1S/C53H32N2O8/c56-35-17-13-33(14-18-35)54-49(58)43-27-25-39(29-45(43)51(54)60)62-37-21-9-31(10-22-37)53(47-7-3-1-5-41(47)42-6-2-4-8-48(42)53)32-11-23-38(24-12-32)63-40-26-28-44-46(30-40)52(61)55(50(44)59)34-15-19-36(57)20-16-34/h1-30,56-57H. The lowest BCUT2D eigenvalue weighted by atomic mass is 9.68. The van der Waals surface area contributed by atoms with E-state index in [1.165, 1.54) is 48.5 Å². The number of benzene rings is 8. The van der Waals surface area contributed by atoms with Crippen LogP contribution >= 0.6 is 0 Å². The van der Waals surface area contributed by atoms with Crippen molar-refractivity contribution in [3.05, 3.63) is 226 Å². The van der Waals surface area contributed by atoms with E-state index in [1.54, 1.807) is 36.4 Å². The van der Waals surface area contributed by atoms with Crippen molar-refractivity contribution in [2.24, 2.45) is 0 Å². The van der Waals surface area contributed by atoms with E-state index in [4.69, 9.17) is 9.47 Å². The summed E-state index contributed by atoms with van der Waals surface area (Å²) in [4.78, 5) is 55.5. The van der Waals surface area contributed by atoms with Gasteiger partial charge in [0, 0.05) is 0 Å². The Balaban J connectivity index is 0.903. The minimum atomic E-state index is -0.736. The second-order valence-corrected chi connectivity index (χ2v) is 15.4. The molecule has 10 nitrogen and oxygen atoms in total. The first-order valence-corrected chi connectivity index (χ1v) is 20.1. The van der Waals surface area contributed by atoms with Gasteiger partial charge in [-0.15, -0.1) is 0 Å². The summed E-state index contributed by atoms with van der Waals surface area (Å²) in [6, 6.07) is 53.9. The largest absolute Gasteiger partial charge is 0.508 e. The number of imide groups is 2. The third-order valence-electron chi connectivity index (χ3n) is 11.9. The molecule has 11 rings (SSSR count). The normalized spacial score (nSPS) is 14.3. The first-order valence-electron chi connectivity index (χ1n) is 20.1. The maximum Gasteiger partial charge on any atom is 0.266 e. The Hall–Kier alpha value is -8.76. The number of rotatable bonds is 8. The minimum Gasteiger partial charge on any atom is -0.508 e. The average Bonchev–Trinajstić information content (AvgIpc) is 3.85. The molecule has 2 aliphatic heterocycles. The molecule has 0 spiro atoms. The number of carbonyl (C=O) groups excluding carboxylic acids is 4. The van der Waals surface area contributed by atoms with Gasteiger partial charge in [-0.25, -0.2) is 9.80 Å². The molecular formula is C53H32N2O8. The van der Waals surface area contributed by atoms with Crippen molar-refractivity contribution < 1.29 is 38.9 Å². The summed E-state index contributed by atoms with van der Waals surface area (Å²) >= 11 is 0. The molecule has 0 radical (unpaired) electrons. The maximum atomic E-state index is 13.4. The van der Waals surface area contributed by atoms with Crippen molar-refractivity contribution in [2.45, 2.75) is 5.41 Å². The fourth-order valence-corrected chi connectivity index (χ4v) is 9.08. The second kappa shape index (κ2) is 14.2. The Labute approximate surface area is 360 Å². The van der Waals surface area contributed by atoms with Gasteiger partial charge < -0.3 is 19.7 Å². The lowest BCUT2D eigenvalue weighted by Crippen LogP contribution is -2.29. The van der Waals surface area contributed by atoms with Crippen molar-refractivity contribution in [1.82, 2.24) is 0 Å². The summed E-state index contributed by atoms with van der Waals surface area (Å²) in [6.45, 7) is 0. The molecule has 0 bridgehead atoms. The Bertz CT molecular complexity index is 3000. The number of amides is 4. The number of carbonyl (C=O) groups is 4. The highest BCUT2D eigenvalue weighted by Crippen LogP contribution is 2.56. The molecule has 4 amide bonds. The topological polar surface area (TPSA) is 134 Å². The highest BCUT2D eigenvalue weighted by Gasteiger charge is 2.46. The number of fused-ring (bicyclic) bond motifs is 5. The molecule has 8 aromatic carbocycles. The molecule has 0 fully saturated rings. The minimum absolute atomic E-state index is 0.0292. The zero-order chi connectivity index (χ0) is 43.0. The lowest BCUT2D eigenvalue weighted by Gasteiger charge is -2.34. The lowest BCUT2D eigenvalue weighted by molar-refractivity contribution is 0.0910. The quantitative estimate of drug-likeness (QED) is 0.145. The number of aromatic hydroxyl groups is 2. The maximum absolute atomic E-state index is 13.4. The van der Waals surface area contributed by atoms with Crippen LogP contribution in [0.15, 0.2) is 182 Å². The van der Waals surface area contributed by atoms with Gasteiger partial charge in [-0.1, -0.05) is 72.8 Å². The Morgan fingerprint density at radius 2 is 0.698 bits per heavy atom. The van der Waals surface area contributed by atoms with E-state index in [1.807, 2.05) is 72.8 Å². The number of anilines is 2. The van der Waals surface area contributed by atoms with E-state index in [9.17, 15) is 29.4 Å². The van der Waals surface area contributed by atoms with Crippen molar-refractivity contribution in [3.8, 4) is 45.6 Å². The third-order valence-corrected chi connectivity index (χ3v) is 11.9. The fourth-order valence-electron chi connectivity index (χ4n) is 9.08. The zero-order valence-corrected chi connectivity index (χ0v) is 33.1. The average molecular weight is 825 g/mol. The number of phenolic OH excluding ortho intramolecular Hbond substituents is 2. The number of ether oxygens (including phenoxy) is 2. The molecule has 0 saturated heterocycles. The van der Waals surface area contributed by atoms with Gasteiger partial charge in [-0.05, 0) is 143 Å². The first kappa shape index (κ1) is 37.3. The van der Waals surface area contributed by atoms with Crippen LogP contribution in [0.2, 0.25) is 0 Å². The van der Waals surface area contributed by atoms with E-state index in [-0.39, 0.29) is 33.8 Å². The van der Waals surface area contributed by atoms with Crippen molar-refractivity contribution in [2.75, 3.05) is 9.80 Å². The van der Waals surface area contributed by atoms with Gasteiger partial charge in [0.1, 0.15) is 34.5 Å². The van der Waals surface area contributed by atoms with Gasteiger partial charge in [0.15, 0.2) is 0 Å². The van der Waals surface area contributed by atoms with Crippen molar-refractivity contribution in [1.29, 1.82) is 0 Å². The molecule has 10 heteroatoms. The van der Waals surface area contributed by atoms with Gasteiger partial charge in [-0.3, -0.25) is 19.2 Å². The van der Waals surface area contributed by atoms with Crippen LogP contribution < -0.4 is 19.3 Å². The SMILES string of the molecule is O=C1c2ccc(Oc3ccc(C4(c5ccc(Oc6ccc7c(c6)C(=O)N(c6ccc(O)cc6)C7=O)cc5)c5ccccc5-c5ccccc54)cc3)cc2C(=O)N1c1ccc(O)cc1. The van der Waals surface area contributed by atoms with Crippen LogP contribution in [0.3, 0.4) is 0 Å². The summed E-state index contributed by atoms with van der Waals surface area (Å²) < 4.78 is 12.6. The van der Waals surface area contributed by atoms with Gasteiger partial charge in [0.25, 0.3) is 23.6 Å². The molecule has 1 aliphatic carbocycles. The molecule has 3 aliphatic rings. The van der Waals surface area contributed by atoms with Crippen LogP contribution in [0.25, 0.3) is 11.1 Å². The molecule has 0 aromatic heterocycles. The van der Waals surface area contributed by atoms with E-state index in [0.717, 1.165) is 43.2 Å². The molecular weight excluding hydrogens is 793 g/mol. The van der Waals surface area contributed by atoms with Gasteiger partial charge in [-0.2, -0.15) is 0 Å². The smallest absolute Gasteiger partial charge is 0.266 e. The predicted octanol–water partition coefficient (Wildman–Crippen LogP) is 10.6. The van der Waals surface area contributed by atoms with Crippen molar-refractivity contribution >= 4 is 35.0 Å². The summed E-state index contributed by atoms with van der Waals surface area (Å²) in [5.41, 5.74) is 7.39. The third kappa shape index (κ3) is 5.80. The van der Waals surface area contributed by atoms with E-state index in [0.29, 0.717) is 34.4 Å².